The molecule has 2 aromatic carbocycles. The Balaban J connectivity index is 1.87. The molecule has 0 aliphatic carbocycles. The highest BCUT2D eigenvalue weighted by Gasteiger charge is 2.19. The minimum Gasteiger partial charge on any atom is -0.382 e. The molecule has 8 nitrogen and oxygen atoms in total. The van der Waals surface area contributed by atoms with Crippen LogP contribution in [-0.4, -0.2) is 22.1 Å². The van der Waals surface area contributed by atoms with Crippen molar-refractivity contribution in [1.82, 2.24) is 10.3 Å². The molecule has 10 heteroatoms. The molecule has 0 saturated heterocycles. The zero-order valence-corrected chi connectivity index (χ0v) is 15.1. The van der Waals surface area contributed by atoms with Gasteiger partial charge in [-0.15, -0.1) is 0 Å². The van der Waals surface area contributed by atoms with Crippen molar-refractivity contribution >= 4 is 39.2 Å². The summed E-state index contributed by atoms with van der Waals surface area (Å²) in [5, 5.41) is 18.8. The lowest BCUT2D eigenvalue weighted by molar-refractivity contribution is 0.102. The molecule has 0 unspecified atom stereocenters. The van der Waals surface area contributed by atoms with Gasteiger partial charge in [0.1, 0.15) is 5.82 Å². The Kier molecular flexibility index (Phi) is 5.23. The Morgan fingerprint density at radius 3 is 2.81 bits per heavy atom. The van der Waals surface area contributed by atoms with Crippen LogP contribution in [0.5, 0.6) is 0 Å². The van der Waals surface area contributed by atoms with E-state index in [2.05, 4.69) is 41.2 Å². The quantitative estimate of drug-likeness (QED) is 0.484. The second-order valence-corrected chi connectivity index (χ2v) is 6.02. The van der Waals surface area contributed by atoms with Gasteiger partial charge >= 0.3 is 0 Å². The number of aliphatic imine (C=N–C) groups is 1. The van der Waals surface area contributed by atoms with E-state index in [4.69, 9.17) is 11.0 Å². The zero-order valence-electron chi connectivity index (χ0n) is 13.5. The summed E-state index contributed by atoms with van der Waals surface area (Å²) in [5.74, 6) is -1.19. The minimum atomic E-state index is -0.582. The summed E-state index contributed by atoms with van der Waals surface area (Å²) in [6.45, 7) is 0. The van der Waals surface area contributed by atoms with E-state index < -0.39 is 11.7 Å². The van der Waals surface area contributed by atoms with Crippen LogP contribution in [0.3, 0.4) is 0 Å². The fourth-order valence-corrected chi connectivity index (χ4v) is 2.51. The van der Waals surface area contributed by atoms with Gasteiger partial charge in [-0.3, -0.25) is 4.79 Å². The lowest BCUT2D eigenvalue weighted by Gasteiger charge is -2.04. The maximum absolute atomic E-state index is 13.3. The van der Waals surface area contributed by atoms with Gasteiger partial charge in [0.25, 0.3) is 5.91 Å². The molecule has 0 fully saturated rings. The third kappa shape index (κ3) is 3.99. The summed E-state index contributed by atoms with van der Waals surface area (Å²) in [6, 6.07) is 12.3. The van der Waals surface area contributed by atoms with E-state index in [0.717, 1.165) is 0 Å². The molecule has 0 saturated carbocycles. The van der Waals surface area contributed by atoms with E-state index >= 15 is 0 Å². The smallest absolute Gasteiger partial charge is 0.258 e. The van der Waals surface area contributed by atoms with Crippen molar-refractivity contribution in [2.24, 2.45) is 10.7 Å². The Labute approximate surface area is 160 Å². The molecule has 0 aliphatic rings. The predicted molar refractivity (Wildman–Crippen MR) is 97.9 cm³/mol. The number of nitrogens with zero attached hydrogens (tertiary/aromatic N) is 4. The van der Waals surface area contributed by atoms with Crippen molar-refractivity contribution in [2.75, 3.05) is 5.32 Å². The highest BCUT2D eigenvalue weighted by atomic mass is 79.9. The largest absolute Gasteiger partial charge is 0.382 e. The lowest BCUT2D eigenvalue weighted by Crippen LogP contribution is -2.19. The van der Waals surface area contributed by atoms with E-state index in [9.17, 15) is 9.18 Å². The van der Waals surface area contributed by atoms with Crippen LogP contribution >= 0.6 is 15.9 Å². The van der Waals surface area contributed by atoms with Gasteiger partial charge in [0.2, 0.25) is 5.82 Å². The van der Waals surface area contributed by atoms with Gasteiger partial charge in [-0.2, -0.15) is 5.26 Å². The molecule has 0 aliphatic heterocycles. The zero-order chi connectivity index (χ0) is 19.4. The van der Waals surface area contributed by atoms with Crippen molar-refractivity contribution in [3.8, 4) is 6.07 Å². The average molecular weight is 429 g/mol. The van der Waals surface area contributed by atoms with Gasteiger partial charge in [0.15, 0.2) is 11.5 Å². The molecule has 1 heterocycles. The molecule has 27 heavy (non-hydrogen) atoms. The number of hydrogen-bond acceptors (Lipinski definition) is 6. The van der Waals surface area contributed by atoms with E-state index in [-0.39, 0.29) is 32.9 Å². The summed E-state index contributed by atoms with van der Waals surface area (Å²) >= 11 is 3.06. The van der Waals surface area contributed by atoms with Crippen molar-refractivity contribution in [1.29, 1.82) is 5.26 Å². The molecule has 0 spiro atoms. The van der Waals surface area contributed by atoms with Crippen molar-refractivity contribution in [2.45, 2.75) is 0 Å². The normalized spacial score (nSPS) is 11.1. The average Bonchev–Trinajstić information content (AvgIpc) is 3.13. The van der Waals surface area contributed by atoms with Crippen LogP contribution in [0.2, 0.25) is 0 Å². The first-order valence-corrected chi connectivity index (χ1v) is 8.21. The number of carbonyl (C=O) groups is 1. The molecule has 3 aromatic rings. The first-order chi connectivity index (χ1) is 13.0. The highest BCUT2D eigenvalue weighted by molar-refractivity contribution is 9.10. The van der Waals surface area contributed by atoms with Crippen LogP contribution < -0.4 is 11.1 Å². The molecule has 134 valence electrons. The maximum atomic E-state index is 13.3. The van der Waals surface area contributed by atoms with Crippen LogP contribution in [0, 0.1) is 17.1 Å². The number of amidine groups is 1. The van der Waals surface area contributed by atoms with Gasteiger partial charge < -0.3 is 11.1 Å². The van der Waals surface area contributed by atoms with Gasteiger partial charge in [-0.05, 0) is 56.6 Å². The summed E-state index contributed by atoms with van der Waals surface area (Å²) in [5.41, 5.74) is 6.62. The van der Waals surface area contributed by atoms with Crippen molar-refractivity contribution < 1.29 is 13.8 Å². The predicted octanol–water partition coefficient (Wildman–Crippen LogP) is 3.13. The van der Waals surface area contributed by atoms with E-state index in [1.165, 1.54) is 30.3 Å². The number of rotatable bonds is 4. The number of carbonyl (C=O) groups excluding carboxylic acids is 1. The number of amides is 1. The monoisotopic (exact) mass is 428 g/mol. The third-order valence-corrected chi connectivity index (χ3v) is 4.02. The SMILES string of the molecule is N#Cc1ccccc1C(=O)Nc1nonc1C(N)=Nc1ccc(F)c(Br)c1. The molecular weight excluding hydrogens is 419 g/mol. The topological polar surface area (TPSA) is 130 Å². The van der Waals surface area contributed by atoms with Gasteiger partial charge in [-0.25, -0.2) is 14.0 Å². The molecule has 1 amide bonds. The van der Waals surface area contributed by atoms with Crippen LogP contribution in [0.25, 0.3) is 0 Å². The summed E-state index contributed by atoms with van der Waals surface area (Å²) in [4.78, 5) is 16.5. The number of halogens is 2. The van der Waals surface area contributed by atoms with Gasteiger partial charge in [-0.1, -0.05) is 12.1 Å². The second kappa shape index (κ2) is 7.76. The number of anilines is 1. The number of nitriles is 1. The van der Waals surface area contributed by atoms with E-state index in [1.54, 1.807) is 12.1 Å². The Morgan fingerprint density at radius 2 is 2.07 bits per heavy atom. The molecule has 1 aromatic heterocycles. The fourth-order valence-electron chi connectivity index (χ4n) is 2.14. The lowest BCUT2D eigenvalue weighted by atomic mass is 10.1. The number of benzene rings is 2. The summed E-state index contributed by atoms with van der Waals surface area (Å²) in [6.07, 6.45) is 0. The standard InChI is InChI=1S/C17H10BrFN6O2/c18-12-7-10(5-6-13(12)19)22-15(21)14-16(25-27-24-14)23-17(26)11-4-2-1-3-9(11)8-20/h1-7H,(H2,21,22)(H,23,25,26). The molecule has 0 atom stereocenters. The second-order valence-electron chi connectivity index (χ2n) is 5.17. The molecule has 0 radical (unpaired) electrons. The van der Waals surface area contributed by atoms with Crippen LogP contribution in [0.4, 0.5) is 15.9 Å². The number of aromatic nitrogens is 2. The van der Waals surface area contributed by atoms with Gasteiger partial charge in [0, 0.05) is 0 Å². The summed E-state index contributed by atoms with van der Waals surface area (Å²) < 4.78 is 18.2. The van der Waals surface area contributed by atoms with Crippen molar-refractivity contribution in [3.05, 3.63) is 69.6 Å². The molecular formula is C17H10BrFN6O2. The van der Waals surface area contributed by atoms with E-state index in [0.29, 0.717) is 5.69 Å². The van der Waals surface area contributed by atoms with Crippen LogP contribution in [-0.2, 0) is 0 Å². The Hall–Kier alpha value is -3.58. The number of nitrogens with one attached hydrogen (secondary N) is 1. The minimum absolute atomic E-state index is 0.00163. The van der Waals surface area contributed by atoms with Crippen LogP contribution in [0.1, 0.15) is 21.6 Å². The molecule has 3 rings (SSSR count). The maximum Gasteiger partial charge on any atom is 0.258 e. The van der Waals surface area contributed by atoms with Gasteiger partial charge in [0.05, 0.1) is 27.4 Å². The molecule has 0 bridgehead atoms. The van der Waals surface area contributed by atoms with Crippen molar-refractivity contribution in [3.63, 3.8) is 0 Å². The number of nitrogens with two attached hydrogens (primary N) is 1. The Morgan fingerprint density at radius 1 is 1.30 bits per heavy atom. The Bertz CT molecular complexity index is 1090. The third-order valence-electron chi connectivity index (χ3n) is 3.41. The fraction of sp³-hybridized carbons (Fsp3) is 0. The van der Waals surface area contributed by atoms with Crippen LogP contribution in [0.15, 0.2) is 56.6 Å². The first-order valence-electron chi connectivity index (χ1n) is 7.42. The first kappa shape index (κ1) is 18.2. The number of hydrogen-bond donors (Lipinski definition) is 2. The molecule has 3 N–H and O–H groups in total. The summed E-state index contributed by atoms with van der Waals surface area (Å²) in [7, 11) is 0. The highest BCUT2D eigenvalue weighted by Crippen LogP contribution is 2.23. The van der Waals surface area contributed by atoms with E-state index in [1.807, 2.05) is 6.07 Å².